The number of aromatic hydroxyl groups is 1. The number of anilines is 1. The van der Waals surface area contributed by atoms with Crippen molar-refractivity contribution in [1.82, 2.24) is 19.6 Å². The second-order valence-corrected chi connectivity index (χ2v) is 9.88. The molecule has 2 atom stereocenters. The Labute approximate surface area is 207 Å². The van der Waals surface area contributed by atoms with Crippen molar-refractivity contribution in [3.8, 4) is 5.75 Å². The van der Waals surface area contributed by atoms with Crippen molar-refractivity contribution < 1.29 is 19.5 Å². The number of carbonyl (C=O) groups is 3. The van der Waals surface area contributed by atoms with Crippen molar-refractivity contribution in [2.75, 3.05) is 57.7 Å². The lowest BCUT2D eigenvalue weighted by molar-refractivity contribution is -0.137. The summed E-state index contributed by atoms with van der Waals surface area (Å²) in [7, 11) is 0. The molecule has 0 bridgehead atoms. The summed E-state index contributed by atoms with van der Waals surface area (Å²) < 4.78 is 0. The molecule has 3 heterocycles. The van der Waals surface area contributed by atoms with Gasteiger partial charge in [0.05, 0.1) is 18.5 Å². The van der Waals surface area contributed by atoms with Gasteiger partial charge in [-0.1, -0.05) is 6.08 Å². The summed E-state index contributed by atoms with van der Waals surface area (Å²) in [5.41, 5.74) is 0.654. The fraction of sp³-hybridized carbons (Fsp3) is 0.577. The van der Waals surface area contributed by atoms with E-state index in [1.807, 2.05) is 15.9 Å². The van der Waals surface area contributed by atoms with Gasteiger partial charge in [-0.3, -0.25) is 24.2 Å². The minimum atomic E-state index is -0.162. The maximum absolute atomic E-state index is 13.2. The van der Waals surface area contributed by atoms with Crippen LogP contribution in [0, 0.1) is 5.92 Å². The minimum absolute atomic E-state index is 0.0294. The first-order valence-electron chi connectivity index (χ1n) is 12.6. The Morgan fingerprint density at radius 3 is 2.40 bits per heavy atom. The minimum Gasteiger partial charge on any atom is -0.508 e. The normalized spacial score (nSPS) is 24.4. The lowest BCUT2D eigenvalue weighted by Gasteiger charge is -2.46. The van der Waals surface area contributed by atoms with Crippen molar-refractivity contribution >= 4 is 23.4 Å². The molecule has 35 heavy (non-hydrogen) atoms. The quantitative estimate of drug-likeness (QED) is 0.469. The fourth-order valence-electron chi connectivity index (χ4n) is 5.48. The van der Waals surface area contributed by atoms with Crippen LogP contribution in [-0.2, 0) is 14.4 Å². The Hall–Kier alpha value is -2.91. The van der Waals surface area contributed by atoms with E-state index in [-0.39, 0.29) is 35.4 Å². The summed E-state index contributed by atoms with van der Waals surface area (Å²) in [5.74, 6) is 0.166. The van der Waals surface area contributed by atoms with Crippen molar-refractivity contribution in [3.05, 3.63) is 36.9 Å². The first-order valence-corrected chi connectivity index (χ1v) is 12.6. The van der Waals surface area contributed by atoms with Gasteiger partial charge in [0.2, 0.25) is 17.7 Å². The van der Waals surface area contributed by atoms with Crippen LogP contribution >= 0.6 is 0 Å². The van der Waals surface area contributed by atoms with Gasteiger partial charge in [0, 0.05) is 57.9 Å². The van der Waals surface area contributed by atoms with Gasteiger partial charge >= 0.3 is 0 Å². The maximum atomic E-state index is 13.2. The van der Waals surface area contributed by atoms with E-state index in [0.717, 1.165) is 45.4 Å². The number of nitrogens with one attached hydrogen (secondary N) is 1. The van der Waals surface area contributed by atoms with E-state index >= 15 is 0 Å². The van der Waals surface area contributed by atoms with Gasteiger partial charge in [-0.05, 0) is 50.1 Å². The van der Waals surface area contributed by atoms with Gasteiger partial charge in [-0.2, -0.15) is 0 Å². The number of carbonyl (C=O) groups excluding carboxylic acids is 3. The number of phenols is 1. The van der Waals surface area contributed by atoms with Gasteiger partial charge in [-0.15, -0.1) is 6.58 Å². The van der Waals surface area contributed by atoms with Crippen LogP contribution in [-0.4, -0.2) is 107 Å². The fourth-order valence-corrected chi connectivity index (χ4v) is 5.48. The van der Waals surface area contributed by atoms with Crippen LogP contribution in [0.4, 0.5) is 5.69 Å². The molecule has 3 aliphatic heterocycles. The van der Waals surface area contributed by atoms with Crippen molar-refractivity contribution in [2.45, 2.75) is 38.3 Å². The van der Waals surface area contributed by atoms with Gasteiger partial charge in [0.25, 0.3) is 0 Å². The summed E-state index contributed by atoms with van der Waals surface area (Å²) in [5, 5.41) is 12.3. The molecule has 2 N–H and O–H groups in total. The summed E-state index contributed by atoms with van der Waals surface area (Å²) in [6, 6.07) is 6.84. The number of hydrogen-bond donors (Lipinski definition) is 2. The molecule has 3 fully saturated rings. The van der Waals surface area contributed by atoms with Crippen LogP contribution in [0.3, 0.4) is 0 Å². The highest BCUT2D eigenvalue weighted by Gasteiger charge is 2.35. The third kappa shape index (κ3) is 6.21. The monoisotopic (exact) mass is 483 g/mol. The topological polar surface area (TPSA) is 96.4 Å². The number of likely N-dealkylation sites (tertiary alicyclic amines) is 2. The van der Waals surface area contributed by atoms with Crippen LogP contribution in [0.1, 0.15) is 26.2 Å². The van der Waals surface area contributed by atoms with E-state index in [1.165, 1.54) is 0 Å². The lowest BCUT2D eigenvalue weighted by atomic mass is 10.0. The lowest BCUT2D eigenvalue weighted by Crippen LogP contribution is -2.59. The Kier molecular flexibility index (Phi) is 8.07. The molecule has 9 heteroatoms. The molecule has 190 valence electrons. The number of piperazine rings is 1. The summed E-state index contributed by atoms with van der Waals surface area (Å²) in [4.78, 5) is 45.8. The molecule has 2 unspecified atom stereocenters. The molecule has 0 aromatic heterocycles. The van der Waals surface area contributed by atoms with Crippen LogP contribution in [0.15, 0.2) is 36.9 Å². The number of rotatable bonds is 6. The summed E-state index contributed by atoms with van der Waals surface area (Å²) in [6.45, 7) is 11.1. The van der Waals surface area contributed by atoms with Crippen molar-refractivity contribution in [1.29, 1.82) is 0 Å². The molecular formula is C26H37N5O4. The highest BCUT2D eigenvalue weighted by molar-refractivity contribution is 5.93. The molecule has 3 saturated heterocycles. The Morgan fingerprint density at radius 1 is 1.03 bits per heavy atom. The van der Waals surface area contributed by atoms with Crippen LogP contribution in [0.5, 0.6) is 5.75 Å². The van der Waals surface area contributed by atoms with E-state index in [1.54, 1.807) is 31.2 Å². The van der Waals surface area contributed by atoms with Gasteiger partial charge in [0.15, 0.2) is 0 Å². The number of piperidine rings is 1. The first kappa shape index (κ1) is 25.2. The predicted octanol–water partition coefficient (Wildman–Crippen LogP) is 1.36. The molecule has 3 aliphatic rings. The molecule has 0 radical (unpaired) electrons. The van der Waals surface area contributed by atoms with E-state index in [0.29, 0.717) is 37.9 Å². The molecule has 0 spiro atoms. The number of nitrogens with zero attached hydrogens (tertiary/aromatic N) is 4. The number of phenolic OH excluding ortho intramolecular Hbond substituents is 1. The van der Waals surface area contributed by atoms with Crippen LogP contribution < -0.4 is 5.32 Å². The summed E-state index contributed by atoms with van der Waals surface area (Å²) >= 11 is 0. The molecular weight excluding hydrogens is 446 g/mol. The molecule has 0 saturated carbocycles. The molecule has 4 rings (SSSR count). The van der Waals surface area contributed by atoms with Crippen LogP contribution in [0.25, 0.3) is 0 Å². The predicted molar refractivity (Wildman–Crippen MR) is 134 cm³/mol. The SMILES string of the molecule is C=CC1CN(C2CCN(C(C)=O)CC2)CCN1C(=O)CN1CCC(C(=O)Nc2ccc(O)cc2)C1. The molecule has 1 aromatic carbocycles. The van der Waals surface area contributed by atoms with E-state index < -0.39 is 0 Å². The second-order valence-electron chi connectivity index (χ2n) is 9.88. The Balaban J connectivity index is 1.24. The van der Waals surface area contributed by atoms with Gasteiger partial charge in [-0.25, -0.2) is 0 Å². The van der Waals surface area contributed by atoms with E-state index in [4.69, 9.17) is 0 Å². The van der Waals surface area contributed by atoms with Gasteiger partial charge < -0.3 is 20.2 Å². The molecule has 0 aliphatic carbocycles. The third-order valence-corrected chi connectivity index (χ3v) is 7.61. The molecule has 3 amide bonds. The zero-order chi connectivity index (χ0) is 24.9. The maximum Gasteiger partial charge on any atom is 0.237 e. The second kappa shape index (κ2) is 11.2. The van der Waals surface area contributed by atoms with E-state index in [2.05, 4.69) is 21.7 Å². The zero-order valence-electron chi connectivity index (χ0n) is 20.6. The Morgan fingerprint density at radius 2 is 1.74 bits per heavy atom. The van der Waals surface area contributed by atoms with E-state index in [9.17, 15) is 19.5 Å². The standard InChI is InChI=1S/C26H37N5O4/c1-3-22-17-30(23-9-12-29(13-10-23)19(2)32)14-15-31(22)25(34)18-28-11-8-20(16-28)26(35)27-21-4-6-24(33)7-5-21/h3-7,20,22-23,33H,1,8-18H2,2H3,(H,27,35). The summed E-state index contributed by atoms with van der Waals surface area (Å²) in [6.07, 6.45) is 4.53. The molecule has 9 nitrogen and oxygen atoms in total. The molecule has 1 aromatic rings. The average molecular weight is 484 g/mol. The third-order valence-electron chi connectivity index (χ3n) is 7.61. The van der Waals surface area contributed by atoms with Crippen molar-refractivity contribution in [2.24, 2.45) is 5.92 Å². The number of benzene rings is 1. The average Bonchev–Trinajstić information content (AvgIpc) is 3.33. The van der Waals surface area contributed by atoms with Gasteiger partial charge in [0.1, 0.15) is 5.75 Å². The zero-order valence-corrected chi connectivity index (χ0v) is 20.6. The highest BCUT2D eigenvalue weighted by atomic mass is 16.3. The number of hydrogen-bond acceptors (Lipinski definition) is 6. The first-order chi connectivity index (χ1) is 16.8. The smallest absolute Gasteiger partial charge is 0.237 e. The number of amides is 3. The Bertz CT molecular complexity index is 928. The highest BCUT2D eigenvalue weighted by Crippen LogP contribution is 2.23. The van der Waals surface area contributed by atoms with Crippen molar-refractivity contribution in [3.63, 3.8) is 0 Å². The largest absolute Gasteiger partial charge is 0.508 e. The van der Waals surface area contributed by atoms with Crippen LogP contribution in [0.2, 0.25) is 0 Å².